The summed E-state index contributed by atoms with van der Waals surface area (Å²) in [7, 11) is 0. The van der Waals surface area contributed by atoms with Crippen LogP contribution in [0.4, 0.5) is 0 Å². The van der Waals surface area contributed by atoms with Crippen molar-refractivity contribution >= 4 is 21.8 Å². The van der Waals surface area contributed by atoms with Crippen LogP contribution in [0.25, 0.3) is 0 Å². The summed E-state index contributed by atoms with van der Waals surface area (Å²) in [6.45, 7) is 3.07. The van der Waals surface area contributed by atoms with E-state index in [0.717, 1.165) is 37.1 Å². The zero-order chi connectivity index (χ0) is 12.5. The second kappa shape index (κ2) is 8.96. The van der Waals surface area contributed by atoms with Crippen molar-refractivity contribution in [3.8, 4) is 0 Å². The van der Waals surface area contributed by atoms with E-state index in [9.17, 15) is 4.79 Å². The molecular formula is C14H26BrNO. The van der Waals surface area contributed by atoms with Gasteiger partial charge in [0.2, 0.25) is 5.91 Å². The van der Waals surface area contributed by atoms with Crippen LogP contribution in [0.15, 0.2) is 0 Å². The Morgan fingerprint density at radius 2 is 1.94 bits per heavy atom. The Morgan fingerprint density at radius 3 is 2.53 bits per heavy atom. The standard InChI is InChI=1S/C14H26BrNO/c1-2-3-5-12-6-8-13(9-7-12)14(17)16-11-4-10-15/h12-13H,2-11H2,1H3,(H,16,17). The molecule has 0 aromatic rings. The average molecular weight is 304 g/mol. The molecule has 1 saturated carbocycles. The minimum atomic E-state index is 0.292. The molecule has 17 heavy (non-hydrogen) atoms. The van der Waals surface area contributed by atoms with E-state index < -0.39 is 0 Å². The smallest absolute Gasteiger partial charge is 0.223 e. The summed E-state index contributed by atoms with van der Waals surface area (Å²) in [6.07, 6.45) is 9.78. The molecule has 0 radical (unpaired) electrons. The van der Waals surface area contributed by atoms with Crippen molar-refractivity contribution in [1.82, 2.24) is 5.32 Å². The summed E-state index contributed by atoms with van der Waals surface area (Å²) in [4.78, 5) is 11.9. The number of halogens is 1. The fraction of sp³-hybridized carbons (Fsp3) is 0.929. The van der Waals surface area contributed by atoms with Crippen molar-refractivity contribution in [3.05, 3.63) is 0 Å². The van der Waals surface area contributed by atoms with Gasteiger partial charge in [-0.15, -0.1) is 0 Å². The Hall–Kier alpha value is -0.0500. The summed E-state index contributed by atoms with van der Waals surface area (Å²) < 4.78 is 0. The molecule has 1 rings (SSSR count). The van der Waals surface area contributed by atoms with Gasteiger partial charge in [-0.3, -0.25) is 4.79 Å². The number of hydrogen-bond acceptors (Lipinski definition) is 1. The van der Waals surface area contributed by atoms with E-state index >= 15 is 0 Å². The molecule has 0 aromatic carbocycles. The molecule has 1 fully saturated rings. The maximum atomic E-state index is 11.9. The van der Waals surface area contributed by atoms with Crippen LogP contribution in [0.3, 0.4) is 0 Å². The summed E-state index contributed by atoms with van der Waals surface area (Å²) in [5, 5.41) is 4.01. The number of rotatable bonds is 7. The molecule has 0 saturated heterocycles. The van der Waals surface area contributed by atoms with E-state index in [1.165, 1.54) is 32.1 Å². The van der Waals surface area contributed by atoms with E-state index in [0.29, 0.717) is 11.8 Å². The molecule has 100 valence electrons. The van der Waals surface area contributed by atoms with Crippen molar-refractivity contribution in [3.63, 3.8) is 0 Å². The predicted octanol–water partition coefficient (Wildman–Crippen LogP) is 3.88. The van der Waals surface area contributed by atoms with Gasteiger partial charge in [-0.2, -0.15) is 0 Å². The highest BCUT2D eigenvalue weighted by atomic mass is 79.9. The van der Waals surface area contributed by atoms with Gasteiger partial charge in [0.25, 0.3) is 0 Å². The topological polar surface area (TPSA) is 29.1 Å². The second-order valence-corrected chi connectivity index (χ2v) is 5.99. The second-order valence-electron chi connectivity index (χ2n) is 5.19. The van der Waals surface area contributed by atoms with Crippen molar-refractivity contribution in [2.75, 3.05) is 11.9 Å². The Kier molecular flexibility index (Phi) is 7.91. The average Bonchev–Trinajstić information content (AvgIpc) is 2.37. The summed E-state index contributed by atoms with van der Waals surface area (Å²) in [5.41, 5.74) is 0. The fourth-order valence-electron chi connectivity index (χ4n) is 2.63. The Balaban J connectivity index is 2.15. The number of nitrogens with one attached hydrogen (secondary N) is 1. The number of alkyl halides is 1. The number of carbonyl (C=O) groups excluding carboxylic acids is 1. The van der Waals surface area contributed by atoms with Crippen molar-refractivity contribution < 1.29 is 4.79 Å². The van der Waals surface area contributed by atoms with Gasteiger partial charge in [-0.25, -0.2) is 0 Å². The molecule has 0 atom stereocenters. The molecule has 2 nitrogen and oxygen atoms in total. The zero-order valence-corrected chi connectivity index (χ0v) is 12.6. The van der Waals surface area contributed by atoms with Crippen LogP contribution in [-0.4, -0.2) is 17.8 Å². The monoisotopic (exact) mass is 303 g/mol. The minimum absolute atomic E-state index is 0.292. The van der Waals surface area contributed by atoms with Gasteiger partial charge < -0.3 is 5.32 Å². The first-order valence-corrected chi connectivity index (χ1v) is 8.23. The van der Waals surface area contributed by atoms with Gasteiger partial charge in [-0.05, 0) is 38.0 Å². The number of amides is 1. The van der Waals surface area contributed by atoms with Gasteiger partial charge in [0, 0.05) is 17.8 Å². The molecule has 0 spiro atoms. The molecule has 0 aliphatic heterocycles. The minimum Gasteiger partial charge on any atom is -0.356 e. The Morgan fingerprint density at radius 1 is 1.24 bits per heavy atom. The number of carbonyl (C=O) groups is 1. The van der Waals surface area contributed by atoms with Crippen molar-refractivity contribution in [1.29, 1.82) is 0 Å². The maximum absolute atomic E-state index is 11.9. The van der Waals surface area contributed by atoms with Crippen molar-refractivity contribution in [2.45, 2.75) is 58.3 Å². The van der Waals surface area contributed by atoms with Crippen LogP contribution in [0.5, 0.6) is 0 Å². The molecule has 0 bridgehead atoms. The van der Waals surface area contributed by atoms with Crippen LogP contribution >= 0.6 is 15.9 Å². The van der Waals surface area contributed by atoms with Crippen LogP contribution in [-0.2, 0) is 4.79 Å². The van der Waals surface area contributed by atoms with E-state index in [-0.39, 0.29) is 0 Å². The van der Waals surface area contributed by atoms with Crippen LogP contribution in [0, 0.1) is 11.8 Å². The van der Waals surface area contributed by atoms with Crippen LogP contribution < -0.4 is 5.32 Å². The molecular weight excluding hydrogens is 278 g/mol. The Bertz CT molecular complexity index is 212. The van der Waals surface area contributed by atoms with E-state index in [1.54, 1.807) is 0 Å². The van der Waals surface area contributed by atoms with Gasteiger partial charge in [0.15, 0.2) is 0 Å². The number of hydrogen-bond donors (Lipinski definition) is 1. The summed E-state index contributed by atoms with van der Waals surface area (Å²) in [5.74, 6) is 1.48. The lowest BCUT2D eigenvalue weighted by Crippen LogP contribution is -2.33. The van der Waals surface area contributed by atoms with E-state index in [4.69, 9.17) is 0 Å². The zero-order valence-electron chi connectivity index (χ0n) is 11.0. The summed E-state index contributed by atoms with van der Waals surface area (Å²) >= 11 is 3.38. The lowest BCUT2D eigenvalue weighted by Gasteiger charge is -2.27. The third-order valence-electron chi connectivity index (χ3n) is 3.79. The molecule has 1 amide bonds. The maximum Gasteiger partial charge on any atom is 0.223 e. The van der Waals surface area contributed by atoms with Gasteiger partial charge in [-0.1, -0.05) is 42.1 Å². The first-order chi connectivity index (χ1) is 8.27. The number of unbranched alkanes of at least 4 members (excludes halogenated alkanes) is 1. The normalized spacial score (nSPS) is 24.6. The Labute approximate surface area is 114 Å². The van der Waals surface area contributed by atoms with Gasteiger partial charge in [0.05, 0.1) is 0 Å². The van der Waals surface area contributed by atoms with Gasteiger partial charge >= 0.3 is 0 Å². The molecule has 3 heteroatoms. The summed E-state index contributed by atoms with van der Waals surface area (Å²) in [6, 6.07) is 0. The largest absolute Gasteiger partial charge is 0.356 e. The quantitative estimate of drug-likeness (QED) is 0.561. The molecule has 0 aromatic heterocycles. The van der Waals surface area contributed by atoms with Crippen molar-refractivity contribution in [2.24, 2.45) is 11.8 Å². The molecule has 1 aliphatic rings. The highest BCUT2D eigenvalue weighted by molar-refractivity contribution is 9.09. The lowest BCUT2D eigenvalue weighted by molar-refractivity contribution is -0.126. The third kappa shape index (κ3) is 5.89. The first-order valence-electron chi connectivity index (χ1n) is 7.11. The fourth-order valence-corrected chi connectivity index (χ4v) is 2.91. The SMILES string of the molecule is CCCCC1CCC(C(=O)NCCCBr)CC1. The van der Waals surface area contributed by atoms with Crippen LogP contribution in [0.2, 0.25) is 0 Å². The third-order valence-corrected chi connectivity index (χ3v) is 4.35. The highest BCUT2D eigenvalue weighted by Crippen LogP contribution is 2.31. The molecule has 1 aliphatic carbocycles. The molecule has 1 N–H and O–H groups in total. The van der Waals surface area contributed by atoms with Crippen LogP contribution in [0.1, 0.15) is 58.3 Å². The van der Waals surface area contributed by atoms with E-state index in [1.807, 2.05) is 0 Å². The molecule has 0 heterocycles. The lowest BCUT2D eigenvalue weighted by atomic mass is 9.79. The highest BCUT2D eigenvalue weighted by Gasteiger charge is 2.25. The van der Waals surface area contributed by atoms with E-state index in [2.05, 4.69) is 28.2 Å². The predicted molar refractivity (Wildman–Crippen MR) is 76.4 cm³/mol. The van der Waals surface area contributed by atoms with Gasteiger partial charge in [0.1, 0.15) is 0 Å². The first kappa shape index (κ1) is 15.0. The molecule has 0 unspecified atom stereocenters.